The van der Waals surface area contributed by atoms with Crippen LogP contribution in [0, 0.1) is 5.92 Å². The van der Waals surface area contributed by atoms with Gasteiger partial charge in [-0.3, -0.25) is 4.68 Å². The molecule has 0 bridgehead atoms. The van der Waals surface area contributed by atoms with Crippen molar-refractivity contribution in [1.29, 1.82) is 0 Å². The lowest BCUT2D eigenvalue weighted by Crippen LogP contribution is -2.46. The van der Waals surface area contributed by atoms with Gasteiger partial charge in [0.1, 0.15) is 17.2 Å². The van der Waals surface area contributed by atoms with Gasteiger partial charge in [-0.25, -0.2) is 18.1 Å². The summed E-state index contributed by atoms with van der Waals surface area (Å²) >= 11 is 6.32. The van der Waals surface area contributed by atoms with Crippen molar-refractivity contribution in [2.45, 2.75) is 50.0 Å². The molecule has 3 aliphatic rings. The fourth-order valence-corrected chi connectivity index (χ4v) is 6.67. The van der Waals surface area contributed by atoms with E-state index in [9.17, 15) is 8.42 Å². The Kier molecular flexibility index (Phi) is 6.45. The first-order valence-corrected chi connectivity index (χ1v) is 13.2. The van der Waals surface area contributed by atoms with Crippen molar-refractivity contribution in [3.05, 3.63) is 23.6 Å². The molecular weight excluding hydrogens is 470 g/mol. The number of hydrogen-bond acceptors (Lipinski definition) is 9. The van der Waals surface area contributed by atoms with E-state index in [1.54, 1.807) is 17.1 Å². The van der Waals surface area contributed by atoms with Crippen LogP contribution >= 0.6 is 11.6 Å². The first-order valence-electron chi connectivity index (χ1n) is 11.1. The van der Waals surface area contributed by atoms with Crippen molar-refractivity contribution in [3.8, 4) is 0 Å². The van der Waals surface area contributed by atoms with Crippen LogP contribution in [0.3, 0.4) is 0 Å². The smallest absolute Gasteiger partial charge is 0.229 e. The number of rotatable bonds is 8. The van der Waals surface area contributed by atoms with Crippen LogP contribution in [0.4, 0.5) is 17.5 Å². The van der Waals surface area contributed by atoms with Crippen molar-refractivity contribution < 1.29 is 17.9 Å². The van der Waals surface area contributed by atoms with Crippen molar-refractivity contribution in [1.82, 2.24) is 24.5 Å². The van der Waals surface area contributed by atoms with Gasteiger partial charge in [-0.05, 0) is 18.8 Å². The molecule has 33 heavy (non-hydrogen) atoms. The highest BCUT2D eigenvalue weighted by molar-refractivity contribution is 7.89. The number of sulfonamides is 1. The van der Waals surface area contributed by atoms with Crippen LogP contribution in [-0.2, 0) is 26.5 Å². The van der Waals surface area contributed by atoms with Gasteiger partial charge in [-0.1, -0.05) is 24.4 Å². The number of aryl methyl sites for hydroxylation is 1. The lowest BCUT2D eigenvalue weighted by molar-refractivity contribution is 0.0690. The number of halogens is 1. The van der Waals surface area contributed by atoms with Crippen LogP contribution < -0.4 is 15.4 Å². The molecular formula is C20H28ClN7O4S. The summed E-state index contributed by atoms with van der Waals surface area (Å²) in [5.74, 6) is 1.23. The predicted octanol–water partition coefficient (Wildman–Crippen LogP) is 1.66. The van der Waals surface area contributed by atoms with Gasteiger partial charge in [0, 0.05) is 13.2 Å². The van der Waals surface area contributed by atoms with E-state index in [2.05, 4.69) is 30.4 Å². The molecule has 2 aromatic heterocycles. The quantitative estimate of drug-likeness (QED) is 0.498. The molecule has 0 amide bonds. The minimum atomic E-state index is -3.39. The van der Waals surface area contributed by atoms with Gasteiger partial charge in [0.25, 0.3) is 0 Å². The Hall–Kier alpha value is -1.99. The molecule has 0 radical (unpaired) electrons. The Morgan fingerprint density at radius 2 is 1.88 bits per heavy atom. The number of aromatic nitrogens is 4. The molecule has 1 aliphatic carbocycles. The third-order valence-electron chi connectivity index (χ3n) is 6.34. The first-order chi connectivity index (χ1) is 15.9. The SMILES string of the molecule is Cn1cc(Nc2ncc(Cl)c(N[C@@H]3COC4C3OC[C@@H]4NS(=O)(=O)CC3CCCC3)n2)cn1. The van der Waals surface area contributed by atoms with Gasteiger partial charge < -0.3 is 20.1 Å². The number of nitrogens with one attached hydrogen (secondary N) is 3. The van der Waals surface area contributed by atoms with Gasteiger partial charge in [0.2, 0.25) is 16.0 Å². The molecule has 2 aromatic rings. The average Bonchev–Trinajstić information content (AvgIpc) is 3.54. The molecule has 2 aliphatic heterocycles. The molecule has 3 N–H and O–H groups in total. The first kappa shape index (κ1) is 22.8. The Morgan fingerprint density at radius 3 is 2.61 bits per heavy atom. The van der Waals surface area contributed by atoms with E-state index < -0.39 is 16.1 Å². The molecule has 11 nitrogen and oxygen atoms in total. The van der Waals surface area contributed by atoms with Crippen molar-refractivity contribution in [3.63, 3.8) is 0 Å². The highest BCUT2D eigenvalue weighted by atomic mass is 35.5. The Labute approximate surface area is 197 Å². The second kappa shape index (κ2) is 9.34. The Bertz CT molecular complexity index is 1090. The van der Waals surface area contributed by atoms with E-state index in [0.717, 1.165) is 31.4 Å². The lowest BCUT2D eigenvalue weighted by Gasteiger charge is -2.20. The number of hydrogen-bond donors (Lipinski definition) is 3. The summed E-state index contributed by atoms with van der Waals surface area (Å²) in [6.45, 7) is 0.616. The maximum atomic E-state index is 12.7. The molecule has 4 heterocycles. The largest absolute Gasteiger partial charge is 0.371 e. The number of nitrogens with zero attached hydrogens (tertiary/aromatic N) is 4. The summed E-state index contributed by atoms with van der Waals surface area (Å²) in [5, 5.41) is 10.8. The van der Waals surface area contributed by atoms with E-state index in [1.807, 2.05) is 7.05 Å². The van der Waals surface area contributed by atoms with Crippen molar-refractivity contribution in [2.75, 3.05) is 29.6 Å². The highest BCUT2D eigenvalue weighted by Crippen LogP contribution is 2.32. The Morgan fingerprint density at radius 1 is 1.15 bits per heavy atom. The van der Waals surface area contributed by atoms with Gasteiger partial charge in [0.15, 0.2) is 5.82 Å². The Balaban J connectivity index is 1.21. The standard InChI is InChI=1S/C20H28ClN7O4S/c1-28-8-13(6-23-28)24-20-22-7-14(21)19(26-20)25-15-9-31-18-16(10-32-17(15)18)27-33(29,30)11-12-4-2-3-5-12/h6-8,12,15-18,27H,2-5,9-11H2,1H3,(H2,22,24,25,26)/t15-,16+,17?,18?/m1/s1. The molecule has 180 valence electrons. The fourth-order valence-electron chi connectivity index (χ4n) is 4.81. The molecule has 4 atom stereocenters. The second-order valence-electron chi connectivity index (χ2n) is 8.92. The zero-order valence-electron chi connectivity index (χ0n) is 18.3. The zero-order chi connectivity index (χ0) is 23.0. The fraction of sp³-hybridized carbons (Fsp3) is 0.650. The van der Waals surface area contributed by atoms with Gasteiger partial charge in [-0.2, -0.15) is 10.1 Å². The summed E-state index contributed by atoms with van der Waals surface area (Å²) in [6.07, 6.45) is 8.49. The summed E-state index contributed by atoms with van der Waals surface area (Å²) in [6, 6.07) is -0.630. The molecule has 5 rings (SSSR count). The molecule has 2 unspecified atom stereocenters. The van der Waals surface area contributed by atoms with Crippen LogP contribution in [0.5, 0.6) is 0 Å². The van der Waals surface area contributed by atoms with E-state index in [0.29, 0.717) is 23.4 Å². The topological polar surface area (TPSA) is 132 Å². The summed E-state index contributed by atoms with van der Waals surface area (Å²) < 4.78 is 41.6. The maximum absolute atomic E-state index is 12.7. The lowest BCUT2D eigenvalue weighted by atomic mass is 10.1. The molecule has 3 fully saturated rings. The van der Waals surface area contributed by atoms with Crippen LogP contribution in [-0.4, -0.2) is 71.4 Å². The van der Waals surface area contributed by atoms with E-state index in [4.69, 9.17) is 21.1 Å². The molecule has 2 saturated heterocycles. The minimum Gasteiger partial charge on any atom is -0.371 e. The molecule has 0 aromatic carbocycles. The van der Waals surface area contributed by atoms with Gasteiger partial charge >= 0.3 is 0 Å². The normalized spacial score (nSPS) is 27.7. The van der Waals surface area contributed by atoms with Crippen LogP contribution in [0.1, 0.15) is 25.7 Å². The van der Waals surface area contributed by atoms with Crippen LogP contribution in [0.25, 0.3) is 0 Å². The third kappa shape index (κ3) is 5.24. The number of fused-ring (bicyclic) bond motifs is 1. The number of anilines is 3. The predicted molar refractivity (Wildman–Crippen MR) is 123 cm³/mol. The monoisotopic (exact) mass is 497 g/mol. The maximum Gasteiger partial charge on any atom is 0.229 e. The van der Waals surface area contributed by atoms with E-state index in [1.165, 1.54) is 6.20 Å². The minimum absolute atomic E-state index is 0.172. The third-order valence-corrected chi connectivity index (χ3v) is 8.19. The van der Waals surface area contributed by atoms with Crippen molar-refractivity contribution >= 4 is 39.1 Å². The molecule has 13 heteroatoms. The number of ether oxygens (including phenoxy) is 2. The van der Waals surface area contributed by atoms with Gasteiger partial charge in [-0.15, -0.1) is 0 Å². The van der Waals surface area contributed by atoms with Crippen molar-refractivity contribution in [2.24, 2.45) is 13.0 Å². The molecule has 1 saturated carbocycles. The average molecular weight is 498 g/mol. The van der Waals surface area contributed by atoms with E-state index in [-0.39, 0.29) is 36.5 Å². The summed E-state index contributed by atoms with van der Waals surface area (Å²) in [4.78, 5) is 8.67. The summed E-state index contributed by atoms with van der Waals surface area (Å²) in [5.41, 5.74) is 0.752. The zero-order valence-corrected chi connectivity index (χ0v) is 19.8. The van der Waals surface area contributed by atoms with Gasteiger partial charge in [0.05, 0.1) is 49.1 Å². The summed E-state index contributed by atoms with van der Waals surface area (Å²) in [7, 11) is -1.57. The molecule has 0 spiro atoms. The second-order valence-corrected chi connectivity index (χ2v) is 11.1. The van der Waals surface area contributed by atoms with Crippen LogP contribution in [0.2, 0.25) is 5.02 Å². The highest BCUT2D eigenvalue weighted by Gasteiger charge is 2.49. The van der Waals surface area contributed by atoms with Crippen LogP contribution in [0.15, 0.2) is 18.6 Å². The van der Waals surface area contributed by atoms with E-state index >= 15 is 0 Å².